The molecule has 1 aromatic heterocycles. The van der Waals surface area contributed by atoms with E-state index in [0.29, 0.717) is 27.1 Å². The van der Waals surface area contributed by atoms with Gasteiger partial charge in [-0.15, -0.1) is 0 Å². The van der Waals surface area contributed by atoms with Gasteiger partial charge in [0.2, 0.25) is 0 Å². The fourth-order valence-corrected chi connectivity index (χ4v) is 3.01. The van der Waals surface area contributed by atoms with Crippen molar-refractivity contribution in [2.45, 2.75) is 6.92 Å². The van der Waals surface area contributed by atoms with Gasteiger partial charge >= 0.3 is 5.97 Å². The highest BCUT2D eigenvalue weighted by Crippen LogP contribution is 2.31. The van der Waals surface area contributed by atoms with Gasteiger partial charge < -0.3 is 14.8 Å². The number of halogens is 2. The molecule has 0 aliphatic heterocycles. The van der Waals surface area contributed by atoms with Gasteiger partial charge in [0.15, 0.2) is 0 Å². The van der Waals surface area contributed by atoms with E-state index < -0.39 is 11.9 Å². The molecule has 0 atom stereocenters. The van der Waals surface area contributed by atoms with Crippen molar-refractivity contribution in [3.05, 3.63) is 81.0 Å². The van der Waals surface area contributed by atoms with Gasteiger partial charge in [-0.1, -0.05) is 29.3 Å². The van der Waals surface area contributed by atoms with Crippen molar-refractivity contribution in [1.82, 2.24) is 0 Å². The first-order valence-corrected chi connectivity index (χ1v) is 9.36. The maximum absolute atomic E-state index is 12.5. The molecule has 0 aliphatic carbocycles. The zero-order valence-corrected chi connectivity index (χ0v) is 17.1. The van der Waals surface area contributed by atoms with E-state index in [2.05, 4.69) is 5.32 Å². The number of rotatable bonds is 5. The zero-order chi connectivity index (χ0) is 21.8. The second kappa shape index (κ2) is 8.87. The Labute approximate surface area is 182 Å². The van der Waals surface area contributed by atoms with E-state index in [1.165, 1.54) is 24.3 Å². The number of carboxylic acid groups (broad SMARTS) is 1. The summed E-state index contributed by atoms with van der Waals surface area (Å²) in [6.07, 6.45) is 1.29. The van der Waals surface area contributed by atoms with Gasteiger partial charge in [0.1, 0.15) is 23.2 Å². The SMILES string of the molecule is Cc1ccc(Cl)cc1NC(=O)/C(C#N)=C/c1ccc(-c2cc(C(=O)O)ccc2Cl)o1. The van der Waals surface area contributed by atoms with Crippen LogP contribution in [-0.2, 0) is 4.79 Å². The topological polar surface area (TPSA) is 103 Å². The Balaban J connectivity index is 1.88. The summed E-state index contributed by atoms with van der Waals surface area (Å²) in [6, 6.07) is 14.2. The number of anilines is 1. The smallest absolute Gasteiger partial charge is 0.335 e. The van der Waals surface area contributed by atoms with Crippen LogP contribution >= 0.6 is 23.2 Å². The number of amides is 1. The molecule has 0 radical (unpaired) electrons. The molecule has 1 heterocycles. The molecule has 8 heteroatoms. The normalized spacial score (nSPS) is 11.1. The molecular weight excluding hydrogens is 427 g/mol. The highest BCUT2D eigenvalue weighted by atomic mass is 35.5. The summed E-state index contributed by atoms with van der Waals surface area (Å²) in [5.41, 5.74) is 1.54. The summed E-state index contributed by atoms with van der Waals surface area (Å²) in [7, 11) is 0. The van der Waals surface area contributed by atoms with Crippen molar-refractivity contribution in [3.8, 4) is 17.4 Å². The average molecular weight is 441 g/mol. The number of carbonyl (C=O) groups is 2. The number of aryl methyl sites for hydroxylation is 1. The minimum absolute atomic E-state index is 0.0527. The third-order valence-electron chi connectivity index (χ3n) is 4.21. The van der Waals surface area contributed by atoms with Crippen LogP contribution in [0.2, 0.25) is 10.0 Å². The second-order valence-corrected chi connectivity index (χ2v) is 7.13. The summed E-state index contributed by atoms with van der Waals surface area (Å²) in [6.45, 7) is 1.80. The summed E-state index contributed by atoms with van der Waals surface area (Å²) >= 11 is 12.1. The Hall–Kier alpha value is -3.53. The molecule has 30 heavy (non-hydrogen) atoms. The Morgan fingerprint density at radius 1 is 1.13 bits per heavy atom. The third-order valence-corrected chi connectivity index (χ3v) is 4.77. The lowest BCUT2D eigenvalue weighted by Gasteiger charge is -2.08. The van der Waals surface area contributed by atoms with Crippen molar-refractivity contribution in [3.63, 3.8) is 0 Å². The first kappa shape index (κ1) is 21.2. The van der Waals surface area contributed by atoms with E-state index in [4.69, 9.17) is 32.7 Å². The van der Waals surface area contributed by atoms with Gasteiger partial charge in [-0.3, -0.25) is 4.79 Å². The van der Waals surface area contributed by atoms with Gasteiger partial charge in [-0.25, -0.2) is 4.79 Å². The molecule has 0 bridgehead atoms. The minimum Gasteiger partial charge on any atom is -0.478 e. The molecule has 0 saturated carbocycles. The Bertz CT molecular complexity index is 1220. The van der Waals surface area contributed by atoms with E-state index >= 15 is 0 Å². The van der Waals surface area contributed by atoms with Crippen LogP contribution < -0.4 is 5.32 Å². The number of hydrogen-bond donors (Lipinski definition) is 2. The fraction of sp³-hybridized carbons (Fsp3) is 0.0455. The lowest BCUT2D eigenvalue weighted by Crippen LogP contribution is -2.14. The van der Waals surface area contributed by atoms with E-state index in [-0.39, 0.29) is 16.9 Å². The molecule has 3 rings (SSSR count). The lowest BCUT2D eigenvalue weighted by atomic mass is 10.1. The van der Waals surface area contributed by atoms with Gasteiger partial charge in [-0.05, 0) is 55.0 Å². The number of nitrogens with zero attached hydrogens (tertiary/aromatic N) is 1. The molecule has 150 valence electrons. The molecule has 0 spiro atoms. The maximum atomic E-state index is 12.5. The maximum Gasteiger partial charge on any atom is 0.335 e. The molecule has 0 fully saturated rings. The van der Waals surface area contributed by atoms with Crippen molar-refractivity contribution < 1.29 is 19.1 Å². The first-order valence-electron chi connectivity index (χ1n) is 8.61. The number of furan rings is 1. The second-order valence-electron chi connectivity index (χ2n) is 6.28. The van der Waals surface area contributed by atoms with Crippen LogP contribution in [0.5, 0.6) is 0 Å². The highest BCUT2D eigenvalue weighted by molar-refractivity contribution is 6.33. The number of nitriles is 1. The van der Waals surface area contributed by atoms with Gasteiger partial charge in [-0.2, -0.15) is 5.26 Å². The Morgan fingerprint density at radius 2 is 1.90 bits per heavy atom. The van der Waals surface area contributed by atoms with Crippen LogP contribution in [0.3, 0.4) is 0 Å². The summed E-state index contributed by atoms with van der Waals surface area (Å²) < 4.78 is 5.65. The van der Waals surface area contributed by atoms with Crippen molar-refractivity contribution in [2.75, 3.05) is 5.32 Å². The molecule has 0 saturated heterocycles. The van der Waals surface area contributed by atoms with E-state index in [1.54, 1.807) is 37.3 Å². The molecule has 0 unspecified atom stereocenters. The van der Waals surface area contributed by atoms with Crippen molar-refractivity contribution in [1.29, 1.82) is 5.26 Å². The van der Waals surface area contributed by atoms with Crippen LogP contribution in [0, 0.1) is 18.3 Å². The minimum atomic E-state index is -1.10. The van der Waals surface area contributed by atoms with Crippen LogP contribution in [0.4, 0.5) is 5.69 Å². The number of aromatic carboxylic acids is 1. The van der Waals surface area contributed by atoms with Gasteiger partial charge in [0.25, 0.3) is 5.91 Å². The average Bonchev–Trinajstić information content (AvgIpc) is 3.17. The van der Waals surface area contributed by atoms with Crippen LogP contribution in [0.1, 0.15) is 21.7 Å². The number of carboxylic acids is 1. The van der Waals surface area contributed by atoms with Gasteiger partial charge in [0, 0.05) is 22.3 Å². The zero-order valence-electron chi connectivity index (χ0n) is 15.6. The number of carbonyl (C=O) groups excluding carboxylic acids is 1. The Kier molecular flexibility index (Phi) is 6.26. The molecule has 0 aliphatic rings. The van der Waals surface area contributed by atoms with Crippen molar-refractivity contribution in [2.24, 2.45) is 0 Å². The first-order chi connectivity index (χ1) is 14.3. The van der Waals surface area contributed by atoms with Crippen LogP contribution in [0.15, 0.2) is 58.5 Å². The van der Waals surface area contributed by atoms with E-state index in [0.717, 1.165) is 5.56 Å². The molecule has 1 amide bonds. The van der Waals surface area contributed by atoms with Crippen LogP contribution in [-0.4, -0.2) is 17.0 Å². The Morgan fingerprint density at radius 3 is 2.60 bits per heavy atom. The van der Waals surface area contributed by atoms with Crippen LogP contribution in [0.25, 0.3) is 17.4 Å². The van der Waals surface area contributed by atoms with Crippen molar-refractivity contribution >= 4 is 46.8 Å². The summed E-state index contributed by atoms with van der Waals surface area (Å²) in [4.78, 5) is 23.7. The molecule has 2 N–H and O–H groups in total. The highest BCUT2D eigenvalue weighted by Gasteiger charge is 2.15. The van der Waals surface area contributed by atoms with Gasteiger partial charge in [0.05, 0.1) is 10.6 Å². The summed E-state index contributed by atoms with van der Waals surface area (Å²) in [5, 5.41) is 21.9. The third kappa shape index (κ3) is 4.71. The quantitative estimate of drug-likeness (QED) is 0.385. The fourth-order valence-electron chi connectivity index (χ4n) is 2.63. The predicted octanol–water partition coefficient (Wildman–Crippen LogP) is 5.81. The molecule has 2 aromatic carbocycles. The monoisotopic (exact) mass is 440 g/mol. The number of nitrogens with one attached hydrogen (secondary N) is 1. The molecular formula is C22H14Cl2N2O4. The largest absolute Gasteiger partial charge is 0.478 e. The van der Waals surface area contributed by atoms with E-state index in [1.807, 2.05) is 6.07 Å². The predicted molar refractivity (Wildman–Crippen MR) is 115 cm³/mol. The lowest BCUT2D eigenvalue weighted by molar-refractivity contribution is -0.112. The molecule has 3 aromatic rings. The number of hydrogen-bond acceptors (Lipinski definition) is 4. The molecule has 6 nitrogen and oxygen atoms in total. The number of benzene rings is 2. The standard InChI is InChI=1S/C22H14Cl2N2O4/c1-12-2-4-15(23)10-19(12)26-21(27)14(11-25)8-16-5-7-20(30-16)17-9-13(22(28)29)3-6-18(17)24/h2-10H,1H3,(H,26,27)(H,28,29)/b14-8+. The van der Waals surface area contributed by atoms with E-state index in [9.17, 15) is 14.9 Å². The summed E-state index contributed by atoms with van der Waals surface area (Å²) in [5.74, 6) is -1.18.